The van der Waals surface area contributed by atoms with Crippen LogP contribution in [0.3, 0.4) is 0 Å². The Kier molecular flexibility index (Phi) is 6.24. The summed E-state index contributed by atoms with van der Waals surface area (Å²) in [7, 11) is 0. The molecule has 2 rings (SSSR count). The van der Waals surface area contributed by atoms with Gasteiger partial charge in [0.2, 0.25) is 5.91 Å². The maximum absolute atomic E-state index is 13.1. The molecule has 126 valence electrons. The highest BCUT2D eigenvalue weighted by atomic mass is 19.1. The lowest BCUT2D eigenvalue weighted by Gasteiger charge is -2.07. The number of amides is 1. The van der Waals surface area contributed by atoms with E-state index in [-0.39, 0.29) is 30.3 Å². The first-order valence-electron chi connectivity index (χ1n) is 8.07. The van der Waals surface area contributed by atoms with Gasteiger partial charge in [-0.1, -0.05) is 24.3 Å². The van der Waals surface area contributed by atoms with Crippen LogP contribution < -0.4 is 5.32 Å². The van der Waals surface area contributed by atoms with Gasteiger partial charge in [-0.05, 0) is 55.2 Å². The molecular weight excluding hydrogens is 305 g/mol. The predicted octanol–water partition coefficient (Wildman–Crippen LogP) is 3.76. The molecule has 0 heterocycles. The van der Waals surface area contributed by atoms with Gasteiger partial charge in [0.05, 0.1) is 0 Å². The van der Waals surface area contributed by atoms with E-state index in [0.717, 1.165) is 16.7 Å². The van der Waals surface area contributed by atoms with E-state index in [9.17, 15) is 14.0 Å². The first-order chi connectivity index (χ1) is 11.5. The molecule has 0 aliphatic rings. The Morgan fingerprint density at radius 2 is 1.79 bits per heavy atom. The Morgan fingerprint density at radius 1 is 1.00 bits per heavy atom. The van der Waals surface area contributed by atoms with Crippen molar-refractivity contribution in [1.29, 1.82) is 0 Å². The zero-order valence-electron chi connectivity index (χ0n) is 14.1. The van der Waals surface area contributed by atoms with Crippen molar-refractivity contribution in [1.82, 2.24) is 5.32 Å². The highest BCUT2D eigenvalue weighted by molar-refractivity contribution is 5.98. The molecule has 0 aromatic heterocycles. The molecule has 0 spiro atoms. The van der Waals surface area contributed by atoms with Gasteiger partial charge < -0.3 is 5.32 Å². The summed E-state index contributed by atoms with van der Waals surface area (Å²) in [5.74, 6) is -0.472. The van der Waals surface area contributed by atoms with Crippen molar-refractivity contribution in [2.75, 3.05) is 6.54 Å². The lowest BCUT2D eigenvalue weighted by atomic mass is 10.0. The third kappa shape index (κ3) is 5.30. The van der Waals surface area contributed by atoms with Crippen molar-refractivity contribution in [3.63, 3.8) is 0 Å². The normalized spacial score (nSPS) is 10.5. The summed E-state index contributed by atoms with van der Waals surface area (Å²) in [4.78, 5) is 23.9. The van der Waals surface area contributed by atoms with Crippen LogP contribution in [0.1, 0.15) is 39.9 Å². The molecule has 2 aromatic carbocycles. The van der Waals surface area contributed by atoms with E-state index in [4.69, 9.17) is 0 Å². The standard InChI is InChI=1S/C20H22FNO2/c1-14-6-7-17(12-15(14)2)19(23)8-9-20(24)22-11-10-16-4-3-5-18(21)13-16/h3-7,12-13H,8-11H2,1-2H3,(H,22,24). The summed E-state index contributed by atoms with van der Waals surface area (Å²) < 4.78 is 13.1. The summed E-state index contributed by atoms with van der Waals surface area (Å²) >= 11 is 0. The van der Waals surface area contributed by atoms with Crippen molar-refractivity contribution in [2.24, 2.45) is 0 Å². The fourth-order valence-electron chi connectivity index (χ4n) is 2.41. The minimum absolute atomic E-state index is 0.0293. The highest BCUT2D eigenvalue weighted by Gasteiger charge is 2.10. The van der Waals surface area contributed by atoms with Crippen LogP contribution in [0.4, 0.5) is 4.39 Å². The van der Waals surface area contributed by atoms with Gasteiger partial charge in [-0.2, -0.15) is 0 Å². The van der Waals surface area contributed by atoms with Crippen LogP contribution in [0.25, 0.3) is 0 Å². The molecule has 0 radical (unpaired) electrons. The molecule has 0 aliphatic heterocycles. The molecule has 0 atom stereocenters. The fourth-order valence-corrected chi connectivity index (χ4v) is 2.41. The molecule has 0 saturated heterocycles. The molecule has 1 N–H and O–H groups in total. The summed E-state index contributed by atoms with van der Waals surface area (Å²) in [6, 6.07) is 11.9. The van der Waals surface area contributed by atoms with E-state index in [1.807, 2.05) is 32.0 Å². The van der Waals surface area contributed by atoms with Gasteiger partial charge >= 0.3 is 0 Å². The van der Waals surface area contributed by atoms with Gasteiger partial charge in [-0.25, -0.2) is 4.39 Å². The van der Waals surface area contributed by atoms with E-state index in [2.05, 4.69) is 5.32 Å². The van der Waals surface area contributed by atoms with E-state index in [1.54, 1.807) is 12.1 Å². The van der Waals surface area contributed by atoms with Crippen LogP contribution in [0.2, 0.25) is 0 Å². The van der Waals surface area contributed by atoms with Crippen molar-refractivity contribution < 1.29 is 14.0 Å². The minimum Gasteiger partial charge on any atom is -0.356 e. The van der Waals surface area contributed by atoms with Crippen molar-refractivity contribution in [2.45, 2.75) is 33.1 Å². The van der Waals surface area contributed by atoms with E-state index >= 15 is 0 Å². The number of nitrogens with one attached hydrogen (secondary N) is 1. The number of carbonyl (C=O) groups excluding carboxylic acids is 2. The molecule has 0 saturated carbocycles. The third-order valence-electron chi connectivity index (χ3n) is 4.03. The quantitative estimate of drug-likeness (QED) is 0.787. The van der Waals surface area contributed by atoms with Gasteiger partial charge in [0, 0.05) is 24.9 Å². The molecule has 2 aromatic rings. The third-order valence-corrected chi connectivity index (χ3v) is 4.03. The highest BCUT2D eigenvalue weighted by Crippen LogP contribution is 2.12. The largest absolute Gasteiger partial charge is 0.356 e. The van der Waals surface area contributed by atoms with Gasteiger partial charge in [0.1, 0.15) is 5.82 Å². The molecule has 4 heteroatoms. The number of Topliss-reactive ketones (excluding diaryl/α,β-unsaturated/α-hetero) is 1. The molecule has 24 heavy (non-hydrogen) atoms. The zero-order chi connectivity index (χ0) is 17.5. The predicted molar refractivity (Wildman–Crippen MR) is 92.6 cm³/mol. The maximum Gasteiger partial charge on any atom is 0.220 e. The summed E-state index contributed by atoms with van der Waals surface area (Å²) in [6.45, 7) is 4.39. The van der Waals surface area contributed by atoms with Gasteiger partial charge in [0.15, 0.2) is 5.78 Å². The van der Waals surface area contributed by atoms with Crippen LogP contribution in [0.15, 0.2) is 42.5 Å². The van der Waals surface area contributed by atoms with E-state index in [1.165, 1.54) is 12.1 Å². The monoisotopic (exact) mass is 327 g/mol. The number of halogens is 1. The van der Waals surface area contributed by atoms with E-state index < -0.39 is 0 Å². The number of hydrogen-bond acceptors (Lipinski definition) is 2. The fraction of sp³-hybridized carbons (Fsp3) is 0.300. The van der Waals surface area contributed by atoms with Crippen molar-refractivity contribution in [3.05, 3.63) is 70.5 Å². The van der Waals surface area contributed by atoms with Gasteiger partial charge in [-0.3, -0.25) is 9.59 Å². The molecule has 1 amide bonds. The molecule has 0 unspecified atom stereocenters. The van der Waals surface area contributed by atoms with Crippen LogP contribution in [-0.2, 0) is 11.2 Å². The topological polar surface area (TPSA) is 46.2 Å². The summed E-state index contributed by atoms with van der Waals surface area (Å²) in [6.07, 6.45) is 0.914. The van der Waals surface area contributed by atoms with Crippen LogP contribution in [0.5, 0.6) is 0 Å². The Labute approximate surface area is 141 Å². The minimum atomic E-state index is -0.280. The Hall–Kier alpha value is -2.49. The second-order valence-electron chi connectivity index (χ2n) is 5.95. The molecule has 0 aliphatic carbocycles. The first kappa shape index (κ1) is 17.9. The SMILES string of the molecule is Cc1ccc(C(=O)CCC(=O)NCCc2cccc(F)c2)cc1C. The molecule has 3 nitrogen and oxygen atoms in total. The maximum atomic E-state index is 13.1. The zero-order valence-corrected chi connectivity index (χ0v) is 14.1. The summed E-state index contributed by atoms with van der Waals surface area (Å²) in [5, 5.41) is 2.76. The van der Waals surface area contributed by atoms with Gasteiger partial charge in [0.25, 0.3) is 0 Å². The first-order valence-corrected chi connectivity index (χ1v) is 8.07. The van der Waals surface area contributed by atoms with Crippen molar-refractivity contribution in [3.8, 4) is 0 Å². The molecular formula is C20H22FNO2. The lowest BCUT2D eigenvalue weighted by Crippen LogP contribution is -2.26. The lowest BCUT2D eigenvalue weighted by molar-refractivity contribution is -0.121. The second kappa shape index (κ2) is 8.39. The Morgan fingerprint density at radius 3 is 2.50 bits per heavy atom. The van der Waals surface area contributed by atoms with Crippen LogP contribution in [0, 0.1) is 19.7 Å². The van der Waals surface area contributed by atoms with Crippen LogP contribution >= 0.6 is 0 Å². The van der Waals surface area contributed by atoms with E-state index in [0.29, 0.717) is 18.5 Å². The number of ketones is 1. The second-order valence-corrected chi connectivity index (χ2v) is 5.95. The summed E-state index contributed by atoms with van der Waals surface area (Å²) in [5.41, 5.74) is 3.69. The van der Waals surface area contributed by atoms with Crippen LogP contribution in [-0.4, -0.2) is 18.2 Å². The average Bonchev–Trinajstić information content (AvgIpc) is 2.55. The smallest absolute Gasteiger partial charge is 0.220 e. The Bertz CT molecular complexity index is 740. The number of hydrogen-bond donors (Lipinski definition) is 1. The molecule has 0 bridgehead atoms. The average molecular weight is 327 g/mol. The number of aryl methyl sites for hydroxylation is 2. The number of rotatable bonds is 7. The number of carbonyl (C=O) groups is 2. The molecule has 0 fully saturated rings. The van der Waals surface area contributed by atoms with Gasteiger partial charge in [-0.15, -0.1) is 0 Å². The number of benzene rings is 2. The van der Waals surface area contributed by atoms with Crippen molar-refractivity contribution >= 4 is 11.7 Å². The Balaban J connectivity index is 1.74.